The van der Waals surface area contributed by atoms with Crippen molar-refractivity contribution in [1.82, 2.24) is 21.3 Å². The second-order valence-corrected chi connectivity index (χ2v) is 6.97. The topological polar surface area (TPSA) is 130 Å². The number of nitrogens with zero attached hydrogens (tertiary/aromatic N) is 1. The zero-order chi connectivity index (χ0) is 19.7. The van der Waals surface area contributed by atoms with Gasteiger partial charge >= 0.3 is 6.09 Å². The molecule has 1 saturated heterocycles. The molecule has 10 heteroatoms. The summed E-state index contributed by atoms with van der Waals surface area (Å²) in [6.07, 6.45) is 0.209. The third-order valence-electron chi connectivity index (χ3n) is 5.06. The first-order valence-electron chi connectivity index (χ1n) is 9.04. The molecule has 5 N–H and O–H groups in total. The van der Waals surface area contributed by atoms with Crippen molar-refractivity contribution in [2.75, 3.05) is 20.3 Å². The predicted octanol–water partition coefficient (Wildman–Crippen LogP) is -0.125. The van der Waals surface area contributed by atoms with Crippen LogP contribution in [0.25, 0.3) is 0 Å². The van der Waals surface area contributed by atoms with Gasteiger partial charge in [0.1, 0.15) is 17.5 Å². The third-order valence-corrected chi connectivity index (χ3v) is 5.06. The summed E-state index contributed by atoms with van der Waals surface area (Å²) in [5, 5.41) is 4.32. The molecule has 150 valence electrons. The maximum Gasteiger partial charge on any atom is 0.408 e. The molecule has 1 unspecified atom stereocenters. The summed E-state index contributed by atoms with van der Waals surface area (Å²) >= 11 is 0. The molecule has 1 fully saturated rings. The van der Waals surface area contributed by atoms with Gasteiger partial charge in [-0.2, -0.15) is 0 Å². The molecule has 0 aromatic heterocycles. The second-order valence-electron chi connectivity index (χ2n) is 6.97. The van der Waals surface area contributed by atoms with E-state index in [-0.39, 0.29) is 12.1 Å². The number of nitrogens with two attached hydrogens (primary N) is 1. The molecular weight excluding hydrogens is 366 g/mol. The third kappa shape index (κ3) is 3.56. The smallest absolute Gasteiger partial charge is 0.408 e. The van der Waals surface area contributed by atoms with Crippen molar-refractivity contribution in [3.05, 3.63) is 41.2 Å². The summed E-state index contributed by atoms with van der Waals surface area (Å²) in [6.45, 7) is 0.968. The van der Waals surface area contributed by atoms with E-state index in [1.54, 1.807) is 7.11 Å². The van der Waals surface area contributed by atoms with Crippen LogP contribution in [0.3, 0.4) is 0 Å². The Balaban J connectivity index is 1.49. The fraction of sp³-hybridized carbons (Fsp3) is 0.444. The number of carbonyl (C=O) groups excluding carboxylic acids is 2. The second kappa shape index (κ2) is 7.21. The number of hydrogen-bond acceptors (Lipinski definition) is 8. The number of alkyl carbamates (subject to hydrolysis) is 1. The number of carbonyl (C=O) groups is 2. The minimum atomic E-state index is -0.682. The monoisotopic (exact) mass is 389 g/mol. The van der Waals surface area contributed by atoms with E-state index < -0.39 is 18.1 Å². The lowest BCUT2D eigenvalue weighted by molar-refractivity contribution is -0.117. The van der Waals surface area contributed by atoms with Crippen molar-refractivity contribution in [2.45, 2.75) is 31.1 Å². The number of hydrazine groups is 2. The molecule has 0 radical (unpaired) electrons. The average Bonchev–Trinajstić information content (AvgIpc) is 3.33. The molecular formula is C18H23N5O5. The SMILES string of the molecule is COc1ccc(CN2NNC3=C2[C@]2(CCC3OC(=O)NCC(N)=O)CO2)cc1. The van der Waals surface area contributed by atoms with Crippen LogP contribution in [0.5, 0.6) is 5.75 Å². The molecule has 1 aliphatic carbocycles. The molecule has 0 saturated carbocycles. The Hall–Kier alpha value is -2.98. The van der Waals surface area contributed by atoms with Gasteiger partial charge in [-0.05, 0) is 30.5 Å². The highest BCUT2D eigenvalue weighted by Gasteiger charge is 2.57. The van der Waals surface area contributed by atoms with Gasteiger partial charge in [0.05, 0.1) is 38.2 Å². The van der Waals surface area contributed by atoms with Crippen molar-refractivity contribution < 1.29 is 23.8 Å². The Morgan fingerprint density at radius 1 is 1.39 bits per heavy atom. The van der Waals surface area contributed by atoms with E-state index in [1.165, 1.54) is 0 Å². The lowest BCUT2D eigenvalue weighted by atomic mass is 9.88. The van der Waals surface area contributed by atoms with Crippen LogP contribution in [0.2, 0.25) is 0 Å². The van der Waals surface area contributed by atoms with Crippen LogP contribution in [0, 0.1) is 0 Å². The minimum Gasteiger partial charge on any atom is -0.497 e. The molecule has 1 spiro atoms. The summed E-state index contributed by atoms with van der Waals surface area (Å²) in [4.78, 5) is 22.8. The first kappa shape index (κ1) is 18.4. The fourth-order valence-corrected chi connectivity index (χ4v) is 3.59. The first-order valence-corrected chi connectivity index (χ1v) is 9.04. The van der Waals surface area contributed by atoms with Gasteiger partial charge in [-0.1, -0.05) is 12.1 Å². The lowest BCUT2D eigenvalue weighted by Gasteiger charge is -2.30. The number of primary amides is 1. The van der Waals surface area contributed by atoms with Crippen molar-refractivity contribution >= 4 is 12.0 Å². The Bertz CT molecular complexity index is 805. The molecule has 2 aliphatic heterocycles. The number of methoxy groups -OCH3 is 1. The number of epoxide rings is 1. The van der Waals surface area contributed by atoms with Gasteiger partial charge in [0.25, 0.3) is 0 Å². The van der Waals surface area contributed by atoms with Gasteiger partial charge in [0.2, 0.25) is 5.91 Å². The zero-order valence-corrected chi connectivity index (χ0v) is 15.5. The number of rotatable bonds is 6. The van der Waals surface area contributed by atoms with Crippen LogP contribution in [0.15, 0.2) is 35.7 Å². The van der Waals surface area contributed by atoms with Crippen molar-refractivity contribution in [3.8, 4) is 5.75 Å². The van der Waals surface area contributed by atoms with Crippen LogP contribution in [-0.2, 0) is 20.8 Å². The largest absolute Gasteiger partial charge is 0.497 e. The maximum absolute atomic E-state index is 11.9. The van der Waals surface area contributed by atoms with E-state index in [1.807, 2.05) is 29.3 Å². The fourth-order valence-electron chi connectivity index (χ4n) is 3.59. The van der Waals surface area contributed by atoms with Crippen LogP contribution >= 0.6 is 0 Å². The molecule has 2 heterocycles. The molecule has 2 atom stereocenters. The zero-order valence-electron chi connectivity index (χ0n) is 15.5. The van der Waals surface area contributed by atoms with Gasteiger partial charge in [-0.25, -0.2) is 4.79 Å². The lowest BCUT2D eigenvalue weighted by Crippen LogP contribution is -2.40. The summed E-state index contributed by atoms with van der Waals surface area (Å²) in [5.74, 6) is 0.170. The van der Waals surface area contributed by atoms with E-state index in [2.05, 4.69) is 16.3 Å². The van der Waals surface area contributed by atoms with Gasteiger partial charge < -0.3 is 30.7 Å². The van der Waals surface area contributed by atoms with Crippen molar-refractivity contribution in [2.24, 2.45) is 5.73 Å². The summed E-state index contributed by atoms with van der Waals surface area (Å²) in [6, 6.07) is 7.81. The van der Waals surface area contributed by atoms with E-state index in [9.17, 15) is 9.59 Å². The van der Waals surface area contributed by atoms with Crippen LogP contribution in [0.1, 0.15) is 18.4 Å². The Kier molecular flexibility index (Phi) is 4.73. The Labute approximate surface area is 161 Å². The van der Waals surface area contributed by atoms with Crippen LogP contribution in [-0.4, -0.2) is 49.0 Å². The normalized spacial score (nSPS) is 25.2. The maximum atomic E-state index is 11.9. The molecule has 2 amide bonds. The molecule has 4 rings (SSSR count). The van der Waals surface area contributed by atoms with Gasteiger partial charge in [0.15, 0.2) is 0 Å². The van der Waals surface area contributed by atoms with Gasteiger partial charge in [-0.15, -0.1) is 5.53 Å². The number of benzene rings is 1. The molecule has 1 aromatic carbocycles. The minimum absolute atomic E-state index is 0.264. The molecule has 10 nitrogen and oxygen atoms in total. The van der Waals surface area contributed by atoms with Crippen LogP contribution in [0.4, 0.5) is 4.79 Å². The standard InChI is InChI=1S/C18H23N5O5/c1-26-12-4-2-11(3-5-12)9-23-16-15(21-22-23)13(6-7-18(16)10-27-18)28-17(25)20-8-14(19)24/h2-5,13,21-22H,6-10H2,1H3,(H2,19,24)(H,20,25)/t13?,18-/m0/s1. The number of fused-ring (bicyclic) bond motifs is 1. The van der Waals surface area contributed by atoms with Crippen molar-refractivity contribution in [3.63, 3.8) is 0 Å². The van der Waals surface area contributed by atoms with E-state index >= 15 is 0 Å². The summed E-state index contributed by atoms with van der Waals surface area (Å²) in [7, 11) is 1.63. The van der Waals surface area contributed by atoms with E-state index in [4.69, 9.17) is 19.9 Å². The Morgan fingerprint density at radius 2 is 2.14 bits per heavy atom. The highest BCUT2D eigenvalue weighted by atomic mass is 16.6. The number of nitrogens with one attached hydrogen (secondary N) is 3. The van der Waals surface area contributed by atoms with Crippen LogP contribution < -0.4 is 26.7 Å². The highest BCUT2D eigenvalue weighted by Crippen LogP contribution is 2.48. The highest BCUT2D eigenvalue weighted by molar-refractivity contribution is 5.80. The van der Waals surface area contributed by atoms with Gasteiger partial charge in [0, 0.05) is 0 Å². The van der Waals surface area contributed by atoms with Gasteiger partial charge in [-0.3, -0.25) is 9.80 Å². The number of ether oxygens (including phenoxy) is 3. The molecule has 0 bridgehead atoms. The summed E-state index contributed by atoms with van der Waals surface area (Å²) < 4.78 is 16.5. The predicted molar refractivity (Wildman–Crippen MR) is 97.2 cm³/mol. The molecule has 3 aliphatic rings. The van der Waals surface area contributed by atoms with Crippen molar-refractivity contribution in [1.29, 1.82) is 0 Å². The Morgan fingerprint density at radius 3 is 2.79 bits per heavy atom. The molecule has 28 heavy (non-hydrogen) atoms. The van der Waals surface area contributed by atoms with E-state index in [0.29, 0.717) is 19.6 Å². The average molecular weight is 389 g/mol. The number of amides is 2. The quantitative estimate of drug-likeness (QED) is 0.495. The van der Waals surface area contributed by atoms with E-state index in [0.717, 1.165) is 29.1 Å². The summed E-state index contributed by atoms with van der Waals surface area (Å²) in [5.41, 5.74) is 13.8. The first-order chi connectivity index (χ1) is 13.5. The number of hydrogen-bond donors (Lipinski definition) is 4. The molecule has 1 aromatic rings.